The Morgan fingerprint density at radius 1 is 1.30 bits per heavy atom. The van der Waals surface area contributed by atoms with E-state index in [2.05, 4.69) is 0 Å². The van der Waals surface area contributed by atoms with E-state index in [1.165, 1.54) is 20.8 Å². The van der Waals surface area contributed by atoms with Gasteiger partial charge in [-0.25, -0.2) is 0 Å². The summed E-state index contributed by atoms with van der Waals surface area (Å²) in [6, 6.07) is -0.502. The molecule has 0 radical (unpaired) electrons. The van der Waals surface area contributed by atoms with Crippen molar-refractivity contribution in [2.24, 2.45) is 11.8 Å². The van der Waals surface area contributed by atoms with E-state index in [1.807, 2.05) is 0 Å². The van der Waals surface area contributed by atoms with E-state index in [4.69, 9.17) is 9.47 Å². The average molecular weight is 325 g/mol. The Hall–Kier alpha value is -1.44. The molecule has 0 aliphatic carbocycles. The van der Waals surface area contributed by atoms with Crippen LogP contribution in [-0.2, 0) is 19.1 Å². The molecule has 3 aliphatic rings. The zero-order valence-electron chi connectivity index (χ0n) is 13.7. The van der Waals surface area contributed by atoms with Crippen molar-refractivity contribution in [3.63, 3.8) is 0 Å². The zero-order valence-corrected chi connectivity index (χ0v) is 13.7. The summed E-state index contributed by atoms with van der Waals surface area (Å²) in [6.07, 6.45) is 1.74. The number of cyclic esters (lactones) is 1. The zero-order chi connectivity index (χ0) is 17.0. The highest BCUT2D eigenvalue weighted by Crippen LogP contribution is 2.39. The summed E-state index contributed by atoms with van der Waals surface area (Å²) < 4.78 is 10.4. The van der Waals surface area contributed by atoms with Gasteiger partial charge in [-0.2, -0.15) is 0 Å². The Morgan fingerprint density at radius 2 is 1.96 bits per heavy atom. The van der Waals surface area contributed by atoms with E-state index in [1.54, 1.807) is 6.08 Å². The number of carbonyl (C=O) groups is 2. The maximum absolute atomic E-state index is 12.8. The number of hydrogen-bond donors (Lipinski definition) is 1. The molecule has 0 aromatic carbocycles. The number of quaternary nitrogens is 1. The molecule has 6 atom stereocenters. The number of aliphatic hydroxyl groups is 1. The van der Waals surface area contributed by atoms with Crippen molar-refractivity contribution < 1.29 is 28.8 Å². The van der Waals surface area contributed by atoms with Crippen LogP contribution in [0.2, 0.25) is 0 Å². The van der Waals surface area contributed by atoms with E-state index < -0.39 is 46.2 Å². The Morgan fingerprint density at radius 3 is 2.65 bits per heavy atom. The fourth-order valence-electron chi connectivity index (χ4n) is 3.73. The first-order valence-corrected chi connectivity index (χ1v) is 8.03. The maximum Gasteiger partial charge on any atom is 0.312 e. The van der Waals surface area contributed by atoms with Crippen LogP contribution < -0.4 is 0 Å². The minimum Gasteiger partial charge on any atom is -0.632 e. The predicted molar refractivity (Wildman–Crippen MR) is 79.6 cm³/mol. The van der Waals surface area contributed by atoms with Crippen LogP contribution in [-0.4, -0.2) is 59.1 Å². The summed E-state index contributed by atoms with van der Waals surface area (Å²) in [5.74, 6) is -2.94. The normalized spacial score (nSPS) is 47.3. The van der Waals surface area contributed by atoms with Gasteiger partial charge in [-0.05, 0) is 26.8 Å². The molecule has 6 unspecified atom stereocenters. The van der Waals surface area contributed by atoms with E-state index in [9.17, 15) is 19.9 Å². The highest BCUT2D eigenvalue weighted by atomic mass is 16.6. The number of hydrogen-bond acceptors (Lipinski definition) is 6. The molecule has 3 heterocycles. The van der Waals surface area contributed by atoms with Crippen LogP contribution in [0.1, 0.15) is 27.2 Å². The van der Waals surface area contributed by atoms with Crippen molar-refractivity contribution in [2.75, 3.05) is 19.7 Å². The van der Waals surface area contributed by atoms with E-state index in [0.29, 0.717) is 25.1 Å². The predicted octanol–water partition coefficient (Wildman–Crippen LogP) is 0.505. The van der Waals surface area contributed by atoms with Gasteiger partial charge >= 0.3 is 11.9 Å². The Kier molecular flexibility index (Phi) is 3.78. The molecule has 7 nitrogen and oxygen atoms in total. The Labute approximate surface area is 135 Å². The van der Waals surface area contributed by atoms with Crippen LogP contribution in [0.3, 0.4) is 0 Å². The van der Waals surface area contributed by atoms with E-state index in [-0.39, 0.29) is 6.61 Å². The second-order valence-electron chi connectivity index (χ2n) is 7.12. The van der Waals surface area contributed by atoms with Gasteiger partial charge in [-0.3, -0.25) is 9.59 Å². The SMILES string of the molecule is CC1C(=O)OCC2=CC[N+]3([O-])CCC(OC(=O)C(C)C1(C)O)C23. The van der Waals surface area contributed by atoms with Gasteiger partial charge in [0.1, 0.15) is 6.61 Å². The number of hydroxylamine groups is 3. The monoisotopic (exact) mass is 325 g/mol. The summed E-state index contributed by atoms with van der Waals surface area (Å²) in [5.41, 5.74) is -0.866. The lowest BCUT2D eigenvalue weighted by atomic mass is 9.80. The first-order valence-electron chi connectivity index (χ1n) is 8.03. The van der Waals surface area contributed by atoms with Crippen molar-refractivity contribution in [1.29, 1.82) is 0 Å². The van der Waals surface area contributed by atoms with Crippen LogP contribution >= 0.6 is 0 Å². The van der Waals surface area contributed by atoms with E-state index in [0.717, 1.165) is 0 Å². The van der Waals surface area contributed by atoms with Gasteiger partial charge in [0.15, 0.2) is 12.1 Å². The first kappa shape index (κ1) is 16.4. The van der Waals surface area contributed by atoms with Crippen LogP contribution in [0.25, 0.3) is 0 Å². The van der Waals surface area contributed by atoms with Crippen LogP contribution in [0.15, 0.2) is 11.6 Å². The number of nitrogens with zero attached hydrogens (tertiary/aromatic N) is 1. The van der Waals surface area contributed by atoms with Crippen LogP contribution in [0, 0.1) is 17.0 Å². The maximum atomic E-state index is 12.8. The summed E-state index contributed by atoms with van der Waals surface area (Å²) in [6.45, 7) is 5.19. The molecule has 1 N–H and O–H groups in total. The quantitative estimate of drug-likeness (QED) is 0.302. The molecule has 128 valence electrons. The summed E-state index contributed by atoms with van der Waals surface area (Å²) in [7, 11) is 0. The lowest BCUT2D eigenvalue weighted by Gasteiger charge is -2.40. The van der Waals surface area contributed by atoms with Crippen molar-refractivity contribution in [3.8, 4) is 0 Å². The summed E-state index contributed by atoms with van der Waals surface area (Å²) in [4.78, 5) is 24.6. The second-order valence-corrected chi connectivity index (χ2v) is 7.12. The molecule has 0 bridgehead atoms. The van der Waals surface area contributed by atoms with Crippen molar-refractivity contribution in [3.05, 3.63) is 16.9 Å². The number of esters is 2. The molecule has 0 aromatic heterocycles. The van der Waals surface area contributed by atoms with Crippen molar-refractivity contribution in [2.45, 2.75) is 44.9 Å². The topological polar surface area (TPSA) is 95.9 Å². The molecule has 0 aromatic rings. The fraction of sp³-hybridized carbons (Fsp3) is 0.750. The van der Waals surface area contributed by atoms with Crippen LogP contribution in [0.4, 0.5) is 0 Å². The highest BCUT2D eigenvalue weighted by molar-refractivity contribution is 5.78. The average Bonchev–Trinajstić information content (AvgIpc) is 2.98. The molecular formula is C16H23NO6. The number of carbonyl (C=O) groups excluding carboxylic acids is 2. The van der Waals surface area contributed by atoms with Gasteiger partial charge in [0, 0.05) is 12.0 Å². The van der Waals surface area contributed by atoms with Gasteiger partial charge < -0.3 is 24.4 Å². The standard InChI is InChI=1S/C16H23NO6/c1-9-14(18)22-8-11-4-6-17(21)7-5-12(13(11)17)23-15(19)10(2)16(9,3)20/h4,9-10,12-13,20H,5-8H2,1-3H3. The molecule has 0 saturated carbocycles. The fourth-order valence-corrected chi connectivity index (χ4v) is 3.73. The molecule has 2 fully saturated rings. The van der Waals surface area contributed by atoms with Gasteiger partial charge in [-0.1, -0.05) is 0 Å². The highest BCUT2D eigenvalue weighted by Gasteiger charge is 2.52. The third kappa shape index (κ3) is 2.47. The minimum absolute atomic E-state index is 0.00852. The second kappa shape index (κ2) is 5.29. The van der Waals surface area contributed by atoms with Gasteiger partial charge in [0.25, 0.3) is 0 Å². The molecule has 0 spiro atoms. The van der Waals surface area contributed by atoms with E-state index >= 15 is 0 Å². The lowest BCUT2D eigenvalue weighted by Crippen LogP contribution is -2.49. The van der Waals surface area contributed by atoms with Gasteiger partial charge in [0.05, 0.1) is 30.5 Å². The Balaban J connectivity index is 1.95. The molecule has 3 rings (SSSR count). The first-order chi connectivity index (χ1) is 10.7. The third-order valence-corrected chi connectivity index (χ3v) is 5.80. The molecular weight excluding hydrogens is 302 g/mol. The smallest absolute Gasteiger partial charge is 0.312 e. The molecule has 0 amide bonds. The molecule has 3 aliphatic heterocycles. The largest absolute Gasteiger partial charge is 0.632 e. The number of ether oxygens (including phenoxy) is 2. The van der Waals surface area contributed by atoms with Crippen LogP contribution in [0.5, 0.6) is 0 Å². The minimum atomic E-state index is -1.58. The Bertz CT molecular complexity index is 571. The molecule has 7 heteroatoms. The molecule has 2 saturated heterocycles. The summed E-state index contributed by atoms with van der Waals surface area (Å²) >= 11 is 0. The lowest BCUT2D eigenvalue weighted by molar-refractivity contribution is -0.877. The van der Waals surface area contributed by atoms with Gasteiger partial charge in [-0.15, -0.1) is 0 Å². The van der Waals surface area contributed by atoms with Crippen molar-refractivity contribution >= 4 is 11.9 Å². The summed E-state index contributed by atoms with van der Waals surface area (Å²) in [5, 5.41) is 23.4. The molecule has 23 heavy (non-hydrogen) atoms. The van der Waals surface area contributed by atoms with Gasteiger partial charge in [0.2, 0.25) is 0 Å². The third-order valence-electron chi connectivity index (χ3n) is 5.80. The number of rotatable bonds is 0. The van der Waals surface area contributed by atoms with Crippen molar-refractivity contribution in [1.82, 2.24) is 0 Å².